The number of aryl methyl sites for hydroxylation is 2. The number of hydrogen-bond acceptors (Lipinski definition) is 3. The molecule has 1 amide bonds. The average Bonchev–Trinajstić information content (AvgIpc) is 2.99. The van der Waals surface area contributed by atoms with Crippen molar-refractivity contribution in [3.63, 3.8) is 0 Å². The molecule has 140 valence electrons. The smallest absolute Gasteiger partial charge is 0.246 e. The number of ether oxygens (including phenoxy) is 1. The Labute approximate surface area is 155 Å². The quantitative estimate of drug-likeness (QED) is 0.716. The molecule has 0 saturated carbocycles. The molecule has 1 aliphatic rings. The highest BCUT2D eigenvalue weighted by Gasteiger charge is 2.21. The Bertz CT molecular complexity index is 839. The Morgan fingerprint density at radius 2 is 2.04 bits per heavy atom. The van der Waals surface area contributed by atoms with Gasteiger partial charge in [0.25, 0.3) is 0 Å². The Hall–Kier alpha value is -2.23. The van der Waals surface area contributed by atoms with Crippen LogP contribution in [-0.2, 0) is 4.79 Å². The lowest BCUT2D eigenvalue weighted by Gasteiger charge is -2.29. The second-order valence-corrected chi connectivity index (χ2v) is 7.44. The first kappa shape index (κ1) is 18.6. The molecular formula is C22H29NO3. The van der Waals surface area contributed by atoms with E-state index in [2.05, 4.69) is 13.0 Å². The van der Waals surface area contributed by atoms with Crippen molar-refractivity contribution in [1.82, 2.24) is 4.90 Å². The zero-order valence-corrected chi connectivity index (χ0v) is 16.5. The number of likely N-dealkylation sites (tertiary alicyclic amines) is 1. The lowest BCUT2D eigenvalue weighted by atomic mass is 9.97. The van der Waals surface area contributed by atoms with Gasteiger partial charge in [-0.2, -0.15) is 0 Å². The Kier molecular flexibility index (Phi) is 5.40. The molecular weight excluding hydrogens is 326 g/mol. The molecule has 0 N–H and O–H groups in total. The highest BCUT2D eigenvalue weighted by molar-refractivity contribution is 5.98. The summed E-state index contributed by atoms with van der Waals surface area (Å²) >= 11 is 0. The van der Waals surface area contributed by atoms with Gasteiger partial charge in [-0.15, -0.1) is 0 Å². The van der Waals surface area contributed by atoms with Crippen LogP contribution in [0.5, 0.6) is 5.75 Å². The van der Waals surface area contributed by atoms with Crippen LogP contribution in [0.1, 0.15) is 50.3 Å². The third-order valence-corrected chi connectivity index (χ3v) is 5.39. The van der Waals surface area contributed by atoms with Gasteiger partial charge in [-0.3, -0.25) is 4.79 Å². The lowest BCUT2D eigenvalue weighted by Crippen LogP contribution is -2.36. The summed E-state index contributed by atoms with van der Waals surface area (Å²) in [6, 6.07) is 2.09. The molecule has 0 atom stereocenters. The first-order valence-electron chi connectivity index (χ1n) is 9.54. The maximum atomic E-state index is 12.7. The van der Waals surface area contributed by atoms with Gasteiger partial charge >= 0.3 is 0 Å². The van der Waals surface area contributed by atoms with Gasteiger partial charge in [0.1, 0.15) is 11.3 Å². The van der Waals surface area contributed by atoms with Crippen LogP contribution in [0, 0.1) is 19.8 Å². The van der Waals surface area contributed by atoms with E-state index in [4.69, 9.17) is 9.15 Å². The summed E-state index contributed by atoms with van der Waals surface area (Å²) in [7, 11) is 0. The summed E-state index contributed by atoms with van der Waals surface area (Å²) in [6.07, 6.45) is 5.70. The van der Waals surface area contributed by atoms with Gasteiger partial charge in [0.05, 0.1) is 12.9 Å². The third-order valence-electron chi connectivity index (χ3n) is 5.39. The van der Waals surface area contributed by atoms with E-state index in [0.717, 1.165) is 64.9 Å². The molecule has 1 saturated heterocycles. The van der Waals surface area contributed by atoms with Crippen LogP contribution in [0.2, 0.25) is 0 Å². The number of rotatable bonds is 4. The summed E-state index contributed by atoms with van der Waals surface area (Å²) in [5.41, 5.74) is 4.84. The van der Waals surface area contributed by atoms with Crippen LogP contribution in [0.3, 0.4) is 0 Å². The van der Waals surface area contributed by atoms with Crippen LogP contribution in [0.4, 0.5) is 0 Å². The van der Waals surface area contributed by atoms with Gasteiger partial charge in [0.15, 0.2) is 0 Å². The van der Waals surface area contributed by atoms with Crippen molar-refractivity contribution in [2.24, 2.45) is 5.92 Å². The van der Waals surface area contributed by atoms with E-state index in [1.165, 1.54) is 0 Å². The maximum Gasteiger partial charge on any atom is 0.246 e. The van der Waals surface area contributed by atoms with E-state index >= 15 is 0 Å². The van der Waals surface area contributed by atoms with E-state index in [0.29, 0.717) is 12.5 Å². The fourth-order valence-corrected chi connectivity index (χ4v) is 3.64. The van der Waals surface area contributed by atoms with Crippen molar-refractivity contribution >= 4 is 22.4 Å². The standard InChI is InChI=1S/C22H29NO3/c1-6-25-21-17(5)22-19(16(4)13-26-22)12-18(21)15(3)11-20(24)23-9-7-14(2)8-10-23/h11-14H,6-10H2,1-5H3/b15-11+. The third kappa shape index (κ3) is 3.50. The van der Waals surface area contributed by atoms with Crippen LogP contribution in [-0.4, -0.2) is 30.5 Å². The van der Waals surface area contributed by atoms with Crippen LogP contribution in [0.15, 0.2) is 22.8 Å². The second kappa shape index (κ2) is 7.56. The van der Waals surface area contributed by atoms with E-state index in [-0.39, 0.29) is 5.91 Å². The van der Waals surface area contributed by atoms with Gasteiger partial charge in [0, 0.05) is 35.7 Å². The molecule has 0 bridgehead atoms. The van der Waals surface area contributed by atoms with Gasteiger partial charge in [-0.1, -0.05) is 6.92 Å². The molecule has 0 spiro atoms. The van der Waals surface area contributed by atoms with Crippen molar-refractivity contribution in [3.8, 4) is 5.75 Å². The molecule has 0 aliphatic carbocycles. The zero-order chi connectivity index (χ0) is 18.8. The van der Waals surface area contributed by atoms with Crippen molar-refractivity contribution in [1.29, 1.82) is 0 Å². The van der Waals surface area contributed by atoms with E-state index in [1.54, 1.807) is 12.3 Å². The molecule has 2 aromatic rings. The van der Waals surface area contributed by atoms with E-state index < -0.39 is 0 Å². The molecule has 3 rings (SSSR count). The second-order valence-electron chi connectivity index (χ2n) is 7.44. The number of carbonyl (C=O) groups excluding carboxylic acids is 1. The molecule has 4 nitrogen and oxygen atoms in total. The largest absolute Gasteiger partial charge is 0.493 e. The van der Waals surface area contributed by atoms with Crippen LogP contribution < -0.4 is 4.74 Å². The summed E-state index contributed by atoms with van der Waals surface area (Å²) in [5.74, 6) is 1.62. The lowest BCUT2D eigenvalue weighted by molar-refractivity contribution is -0.127. The van der Waals surface area contributed by atoms with Gasteiger partial charge in [-0.25, -0.2) is 0 Å². The molecule has 1 fully saturated rings. The Balaban J connectivity index is 1.98. The summed E-state index contributed by atoms with van der Waals surface area (Å²) in [4.78, 5) is 14.7. The minimum Gasteiger partial charge on any atom is -0.493 e. The van der Waals surface area contributed by atoms with E-state index in [1.807, 2.05) is 32.6 Å². The molecule has 26 heavy (non-hydrogen) atoms. The highest BCUT2D eigenvalue weighted by atomic mass is 16.5. The van der Waals surface area contributed by atoms with Crippen molar-refractivity contribution in [2.75, 3.05) is 19.7 Å². The Morgan fingerprint density at radius 1 is 1.35 bits per heavy atom. The number of hydrogen-bond donors (Lipinski definition) is 0. The summed E-state index contributed by atoms with van der Waals surface area (Å²) in [6.45, 7) is 12.5. The fraction of sp³-hybridized carbons (Fsp3) is 0.500. The number of furan rings is 1. The SMILES string of the molecule is CCOc1c(/C(C)=C/C(=O)N2CCC(C)CC2)cc2c(C)coc2c1C. The van der Waals surface area contributed by atoms with Gasteiger partial charge in [0.2, 0.25) is 5.91 Å². The predicted octanol–water partition coefficient (Wildman–Crippen LogP) is 5.11. The van der Waals surface area contributed by atoms with Crippen molar-refractivity contribution in [2.45, 2.75) is 47.5 Å². The number of allylic oxidation sites excluding steroid dienone is 1. The number of piperidine rings is 1. The molecule has 1 aromatic heterocycles. The number of carbonyl (C=O) groups is 1. The molecule has 1 aliphatic heterocycles. The van der Waals surface area contributed by atoms with Crippen LogP contribution >= 0.6 is 0 Å². The zero-order valence-electron chi connectivity index (χ0n) is 16.5. The molecule has 2 heterocycles. The minimum atomic E-state index is 0.0958. The Morgan fingerprint density at radius 3 is 2.69 bits per heavy atom. The summed E-state index contributed by atoms with van der Waals surface area (Å²) < 4.78 is 11.6. The highest BCUT2D eigenvalue weighted by Crippen LogP contribution is 2.37. The van der Waals surface area contributed by atoms with E-state index in [9.17, 15) is 4.79 Å². The molecule has 1 aromatic carbocycles. The number of fused-ring (bicyclic) bond motifs is 1. The monoisotopic (exact) mass is 355 g/mol. The summed E-state index contributed by atoms with van der Waals surface area (Å²) in [5, 5.41) is 1.08. The average molecular weight is 355 g/mol. The number of nitrogens with zero attached hydrogens (tertiary/aromatic N) is 1. The maximum absolute atomic E-state index is 12.7. The molecule has 0 radical (unpaired) electrons. The van der Waals surface area contributed by atoms with Crippen molar-refractivity contribution in [3.05, 3.63) is 35.1 Å². The predicted molar refractivity (Wildman–Crippen MR) is 105 cm³/mol. The van der Waals surface area contributed by atoms with Gasteiger partial charge in [-0.05, 0) is 63.7 Å². The molecule has 0 unspecified atom stereocenters. The van der Waals surface area contributed by atoms with Crippen molar-refractivity contribution < 1.29 is 13.9 Å². The fourth-order valence-electron chi connectivity index (χ4n) is 3.64. The normalized spacial score (nSPS) is 16.3. The topological polar surface area (TPSA) is 42.7 Å². The number of benzene rings is 1. The van der Waals surface area contributed by atoms with Crippen LogP contribution in [0.25, 0.3) is 16.5 Å². The number of amides is 1. The molecule has 4 heteroatoms. The first-order chi connectivity index (χ1) is 12.4. The first-order valence-corrected chi connectivity index (χ1v) is 9.54. The minimum absolute atomic E-state index is 0.0958. The van der Waals surface area contributed by atoms with Gasteiger partial charge < -0.3 is 14.1 Å².